The number of carboxylic acids is 1. The Bertz CT molecular complexity index is 1770. The van der Waals surface area contributed by atoms with Gasteiger partial charge >= 0.3 is 5.97 Å². The monoisotopic (exact) mass is 573 g/mol. The molecule has 10 heteroatoms. The van der Waals surface area contributed by atoms with E-state index in [1.165, 1.54) is 34.4 Å². The number of benzene rings is 3. The summed E-state index contributed by atoms with van der Waals surface area (Å²) in [4.78, 5) is 15.9. The summed E-state index contributed by atoms with van der Waals surface area (Å²) in [5.41, 5.74) is 7.47. The van der Waals surface area contributed by atoms with Gasteiger partial charge in [-0.15, -0.1) is 16.5 Å². The highest BCUT2D eigenvalue weighted by Crippen LogP contribution is 2.46. The van der Waals surface area contributed by atoms with E-state index in [9.17, 15) is 18.5 Å². The number of thiol groups is 1. The molecule has 0 amide bonds. The Morgan fingerprint density at radius 1 is 1.10 bits per heavy atom. The van der Waals surface area contributed by atoms with Crippen molar-refractivity contribution in [3.63, 3.8) is 0 Å². The molecule has 1 atom stereocenters. The predicted molar refractivity (Wildman–Crippen MR) is 155 cm³/mol. The molecule has 6 rings (SSSR count). The lowest BCUT2D eigenvalue weighted by atomic mass is 9.95. The second-order valence-corrected chi connectivity index (χ2v) is 11.9. The molecule has 5 aromatic rings. The van der Waals surface area contributed by atoms with Crippen molar-refractivity contribution in [2.24, 2.45) is 5.14 Å². The number of nitrogens with zero attached hydrogens (tertiary/aromatic N) is 3. The van der Waals surface area contributed by atoms with E-state index in [0.717, 1.165) is 46.5 Å². The molecular weight excluding hydrogens is 547 g/mol. The molecule has 1 aliphatic rings. The summed E-state index contributed by atoms with van der Waals surface area (Å²) in [7, 11) is -2.29. The Balaban J connectivity index is 1.52. The zero-order chi connectivity index (χ0) is 28.0. The third kappa shape index (κ3) is 5.13. The number of hydrogen-bond acceptors (Lipinski definition) is 5. The number of aromatic nitrogens is 3. The maximum atomic E-state index is 14.8. The Kier molecular flexibility index (Phi) is 6.91. The molecule has 3 aromatic carbocycles. The number of carbonyl (C=O) groups is 1. The topological polar surface area (TPSA) is 111 Å². The van der Waals surface area contributed by atoms with Crippen LogP contribution in [0.1, 0.15) is 51.6 Å². The Morgan fingerprint density at radius 2 is 1.85 bits per heavy atom. The molecule has 0 radical (unpaired) electrons. The van der Waals surface area contributed by atoms with Gasteiger partial charge in [-0.1, -0.05) is 58.3 Å². The normalized spacial score (nSPS) is 13.9. The van der Waals surface area contributed by atoms with Crippen molar-refractivity contribution in [2.75, 3.05) is 0 Å². The second-order valence-electron chi connectivity index (χ2n) is 9.95. The first-order valence-corrected chi connectivity index (χ1v) is 15.0. The van der Waals surface area contributed by atoms with Crippen molar-refractivity contribution in [1.82, 2.24) is 14.8 Å². The van der Waals surface area contributed by atoms with Gasteiger partial charge in [-0.2, -0.15) is 5.10 Å². The maximum Gasteiger partial charge on any atom is 0.355 e. The number of rotatable bonds is 8. The number of aromatic carboxylic acids is 1. The van der Waals surface area contributed by atoms with Crippen LogP contribution >= 0.6 is 11.3 Å². The van der Waals surface area contributed by atoms with E-state index in [-0.39, 0.29) is 16.5 Å². The van der Waals surface area contributed by atoms with Crippen molar-refractivity contribution in [3.8, 4) is 27.5 Å². The molecule has 3 N–H and O–H groups in total. The molecule has 0 aliphatic heterocycles. The predicted octanol–water partition coefficient (Wildman–Crippen LogP) is 6.21. The lowest BCUT2D eigenvalue weighted by Gasteiger charge is -2.09. The van der Waals surface area contributed by atoms with Crippen LogP contribution in [0.2, 0.25) is 0 Å². The zero-order valence-corrected chi connectivity index (χ0v) is 23.3. The minimum atomic E-state index is -2.29. The van der Waals surface area contributed by atoms with Gasteiger partial charge in [0.1, 0.15) is 0 Å². The van der Waals surface area contributed by atoms with Gasteiger partial charge in [-0.05, 0) is 54.7 Å². The highest BCUT2D eigenvalue weighted by molar-refractivity contribution is 7.82. The maximum absolute atomic E-state index is 14.8. The summed E-state index contributed by atoms with van der Waals surface area (Å²) in [5.74, 6) is -1.46. The molecule has 2 aromatic heterocycles. The molecule has 2 heterocycles. The number of aryl methyl sites for hydroxylation is 1. The third-order valence-corrected chi connectivity index (χ3v) is 8.68. The van der Waals surface area contributed by atoms with Gasteiger partial charge in [0, 0.05) is 28.8 Å². The lowest BCUT2D eigenvalue weighted by molar-refractivity contribution is 0.0691. The number of carboxylic acid groups (broad SMARTS) is 1. The number of nitrogens with two attached hydrogens (primary N) is 1. The van der Waals surface area contributed by atoms with Crippen LogP contribution < -0.4 is 5.14 Å². The molecule has 40 heavy (non-hydrogen) atoms. The fourth-order valence-electron chi connectivity index (χ4n) is 4.89. The van der Waals surface area contributed by atoms with Crippen LogP contribution in [0.15, 0.2) is 77.0 Å². The van der Waals surface area contributed by atoms with Crippen LogP contribution in [0.25, 0.3) is 27.5 Å². The first-order valence-electron chi connectivity index (χ1n) is 12.8. The lowest BCUT2D eigenvalue weighted by Crippen LogP contribution is -2.06. The minimum Gasteiger partial charge on any atom is -0.476 e. The average Bonchev–Trinajstić information content (AvgIpc) is 3.51. The van der Waals surface area contributed by atoms with Crippen LogP contribution in [0.5, 0.6) is 0 Å². The molecule has 1 aliphatic carbocycles. The summed E-state index contributed by atoms with van der Waals surface area (Å²) in [6.07, 6.45) is 2.32. The summed E-state index contributed by atoms with van der Waals surface area (Å²) in [5, 5.41) is 21.9. The van der Waals surface area contributed by atoms with Crippen LogP contribution in [-0.4, -0.2) is 25.8 Å². The van der Waals surface area contributed by atoms with E-state index in [4.69, 9.17) is 10.2 Å². The van der Waals surface area contributed by atoms with Crippen LogP contribution in [0, 0.1) is 12.7 Å². The van der Waals surface area contributed by atoms with Gasteiger partial charge in [0.2, 0.25) is 10.0 Å². The summed E-state index contributed by atoms with van der Waals surface area (Å²) < 4.78 is 28.3. The number of thiazole rings is 1. The van der Waals surface area contributed by atoms with E-state index < -0.39 is 22.8 Å². The molecular formula is C30H26FN4O3S2+. The molecule has 0 bridgehead atoms. The molecule has 7 nitrogen and oxygen atoms in total. The van der Waals surface area contributed by atoms with E-state index in [2.05, 4.69) is 41.4 Å². The van der Waals surface area contributed by atoms with Gasteiger partial charge < -0.3 is 5.11 Å². The molecule has 1 fully saturated rings. The van der Waals surface area contributed by atoms with E-state index in [1.54, 1.807) is 10.7 Å². The second kappa shape index (κ2) is 10.5. The molecule has 0 spiro atoms. The Labute approximate surface area is 236 Å². The Morgan fingerprint density at radius 3 is 2.50 bits per heavy atom. The Hall–Kier alpha value is -3.99. The first-order chi connectivity index (χ1) is 19.3. The zero-order valence-electron chi connectivity index (χ0n) is 21.5. The van der Waals surface area contributed by atoms with Crippen LogP contribution in [0.3, 0.4) is 0 Å². The fraction of sp³-hybridized carbons (Fsp3) is 0.167. The van der Waals surface area contributed by atoms with Gasteiger partial charge in [0.15, 0.2) is 22.5 Å². The van der Waals surface area contributed by atoms with Crippen molar-refractivity contribution in [1.29, 1.82) is 0 Å². The summed E-state index contributed by atoms with van der Waals surface area (Å²) in [6.45, 7) is 2.05. The van der Waals surface area contributed by atoms with E-state index >= 15 is 0 Å². The third-order valence-electron chi connectivity index (χ3n) is 7.03. The SMILES string of the molecule is Cc1ccc(-c2cccc(-c3nn(-c4nc(C(=O)O)cs4)c(C4CC4)c3Cc3ccc([SH+](N)=O)c(F)c3)c2)cc1. The van der Waals surface area contributed by atoms with Crippen LogP contribution in [0.4, 0.5) is 4.39 Å². The van der Waals surface area contributed by atoms with Crippen LogP contribution in [-0.2, 0) is 21.6 Å². The number of hydrogen-bond donors (Lipinski definition) is 2. The highest BCUT2D eigenvalue weighted by atomic mass is 32.2. The molecule has 1 saturated carbocycles. The average molecular weight is 574 g/mol. The molecule has 1 unspecified atom stereocenters. The van der Waals surface area contributed by atoms with Gasteiger partial charge in [0.05, 0.1) is 11.4 Å². The summed E-state index contributed by atoms with van der Waals surface area (Å²) >= 11 is 1.22. The largest absolute Gasteiger partial charge is 0.476 e. The van der Waals surface area contributed by atoms with Crippen molar-refractivity contribution >= 4 is 28.3 Å². The van der Waals surface area contributed by atoms with E-state index in [0.29, 0.717) is 17.1 Å². The summed E-state index contributed by atoms with van der Waals surface area (Å²) in [6, 6.07) is 21.0. The van der Waals surface area contributed by atoms with Crippen molar-refractivity contribution in [2.45, 2.75) is 37.0 Å². The molecule has 0 saturated heterocycles. The quantitative estimate of drug-likeness (QED) is 0.169. The molecule has 202 valence electrons. The van der Waals surface area contributed by atoms with E-state index in [1.807, 2.05) is 19.1 Å². The standard InChI is InChI=1S/C30H25FN4O3S2/c1-17-5-8-19(9-6-17)21-3-2-4-22(15-21)27-23(13-18-7-12-26(40(32)38)24(31)14-18)28(20-10-11-20)35(34-27)30-33-25(16-39-30)29(36)37/h2-9,12,14-16,20H,10-11,13H2,1H3,(H2,32,38)(H,36,37)/p+1. The van der Waals surface area contributed by atoms with Gasteiger partial charge in [0.25, 0.3) is 0 Å². The van der Waals surface area contributed by atoms with Gasteiger partial charge in [-0.3, -0.25) is 0 Å². The van der Waals surface area contributed by atoms with Crippen molar-refractivity contribution < 1.29 is 18.5 Å². The smallest absolute Gasteiger partial charge is 0.355 e. The highest BCUT2D eigenvalue weighted by Gasteiger charge is 2.34. The van der Waals surface area contributed by atoms with Gasteiger partial charge in [-0.25, -0.2) is 18.9 Å². The first kappa shape index (κ1) is 26.2. The fourth-order valence-corrected chi connectivity index (χ4v) is 6.14. The minimum absolute atomic E-state index is 0.00753. The van der Waals surface area contributed by atoms with Crippen molar-refractivity contribution in [3.05, 3.63) is 106 Å². The number of halogens is 1.